The predicted molar refractivity (Wildman–Crippen MR) is 76.6 cm³/mol. The third-order valence-electron chi connectivity index (χ3n) is 2.52. The molecule has 1 heterocycles. The van der Waals surface area contributed by atoms with E-state index < -0.39 is 0 Å². The van der Waals surface area contributed by atoms with Crippen LogP contribution in [0, 0.1) is 0 Å². The number of para-hydroxylation sites is 1. The Morgan fingerprint density at radius 1 is 1.44 bits per heavy atom. The molecule has 18 heavy (non-hydrogen) atoms. The molecule has 0 saturated carbocycles. The number of unbranched alkanes of at least 4 members (excludes halogenated alkanes) is 1. The molecule has 0 aliphatic carbocycles. The van der Waals surface area contributed by atoms with E-state index in [1.807, 2.05) is 24.3 Å². The molecule has 2 rings (SSSR count). The van der Waals surface area contributed by atoms with E-state index in [0.717, 1.165) is 34.6 Å². The van der Waals surface area contributed by atoms with Gasteiger partial charge in [-0.15, -0.1) is 11.3 Å². The summed E-state index contributed by atoms with van der Waals surface area (Å²) in [5.41, 5.74) is 0.980. The van der Waals surface area contributed by atoms with Gasteiger partial charge < -0.3 is 5.32 Å². The highest BCUT2D eigenvalue weighted by Crippen LogP contribution is 2.22. The van der Waals surface area contributed by atoms with Gasteiger partial charge in [0, 0.05) is 12.6 Å². The maximum absolute atomic E-state index is 11.5. The van der Waals surface area contributed by atoms with Crippen molar-refractivity contribution in [2.45, 2.75) is 19.8 Å². The number of benzene rings is 1. The second-order valence-corrected chi connectivity index (χ2v) is 5.06. The normalized spacial score (nSPS) is 11.2. The molecule has 3 nitrogen and oxygen atoms in total. The zero-order chi connectivity index (χ0) is 12.8. The first-order chi connectivity index (χ1) is 8.79. The minimum atomic E-state index is -0.0530. The summed E-state index contributed by atoms with van der Waals surface area (Å²) in [5, 5.41) is 3.70. The zero-order valence-electron chi connectivity index (χ0n) is 10.3. The molecule has 0 unspecified atom stereocenters. The van der Waals surface area contributed by atoms with Crippen molar-refractivity contribution >= 4 is 33.5 Å². The van der Waals surface area contributed by atoms with Gasteiger partial charge in [-0.05, 0) is 24.6 Å². The molecule has 0 fully saturated rings. The van der Waals surface area contributed by atoms with Crippen LogP contribution in [0.3, 0.4) is 0 Å². The topological polar surface area (TPSA) is 42.0 Å². The first-order valence-electron chi connectivity index (χ1n) is 6.11. The van der Waals surface area contributed by atoms with Crippen LogP contribution in [0.2, 0.25) is 0 Å². The van der Waals surface area contributed by atoms with Gasteiger partial charge in [-0.25, -0.2) is 4.98 Å². The summed E-state index contributed by atoms with van der Waals surface area (Å²) in [6.45, 7) is 2.84. The van der Waals surface area contributed by atoms with E-state index in [9.17, 15) is 4.79 Å². The second-order valence-electron chi connectivity index (χ2n) is 4.00. The minimum absolute atomic E-state index is 0.0530. The highest BCUT2D eigenvalue weighted by Gasteiger charge is 2.00. The Balaban J connectivity index is 1.98. The van der Waals surface area contributed by atoms with E-state index in [-0.39, 0.29) is 5.91 Å². The van der Waals surface area contributed by atoms with Crippen LogP contribution in [0.25, 0.3) is 16.3 Å². The monoisotopic (exact) mass is 260 g/mol. The van der Waals surface area contributed by atoms with E-state index in [1.54, 1.807) is 23.5 Å². The number of hydrogen-bond acceptors (Lipinski definition) is 3. The summed E-state index contributed by atoms with van der Waals surface area (Å²) in [6.07, 6.45) is 5.42. The molecule has 0 saturated heterocycles. The van der Waals surface area contributed by atoms with Gasteiger partial charge in [-0.3, -0.25) is 4.79 Å². The number of nitrogens with one attached hydrogen (secondary N) is 1. The molecule has 0 bridgehead atoms. The lowest BCUT2D eigenvalue weighted by Crippen LogP contribution is -2.21. The smallest absolute Gasteiger partial charge is 0.244 e. The summed E-state index contributed by atoms with van der Waals surface area (Å²) in [4.78, 5) is 15.9. The van der Waals surface area contributed by atoms with Crippen molar-refractivity contribution in [2.24, 2.45) is 0 Å². The number of fused-ring (bicyclic) bond motifs is 1. The van der Waals surface area contributed by atoms with Gasteiger partial charge in [0.25, 0.3) is 0 Å². The Kier molecular flexibility index (Phi) is 4.47. The number of nitrogens with zero attached hydrogens (tertiary/aromatic N) is 1. The van der Waals surface area contributed by atoms with Gasteiger partial charge in [0.15, 0.2) is 0 Å². The van der Waals surface area contributed by atoms with Crippen LogP contribution in [0.5, 0.6) is 0 Å². The molecule has 1 amide bonds. The molecule has 0 spiro atoms. The molecule has 1 N–H and O–H groups in total. The average molecular weight is 260 g/mol. The lowest BCUT2D eigenvalue weighted by Gasteiger charge is -1.98. The van der Waals surface area contributed by atoms with E-state index in [1.165, 1.54) is 0 Å². The number of thiazole rings is 1. The largest absolute Gasteiger partial charge is 0.353 e. The summed E-state index contributed by atoms with van der Waals surface area (Å²) in [7, 11) is 0. The molecule has 0 aliphatic heterocycles. The summed E-state index contributed by atoms with van der Waals surface area (Å²) in [5.74, 6) is -0.0530. The molecule has 2 aromatic rings. The number of hydrogen-bond donors (Lipinski definition) is 1. The Bertz CT molecular complexity index is 527. The molecule has 0 aliphatic rings. The summed E-state index contributed by atoms with van der Waals surface area (Å²) >= 11 is 1.59. The fraction of sp³-hybridized carbons (Fsp3) is 0.286. The first kappa shape index (κ1) is 12.8. The quantitative estimate of drug-likeness (QED) is 0.662. The van der Waals surface area contributed by atoms with Crippen LogP contribution in [-0.4, -0.2) is 17.4 Å². The van der Waals surface area contributed by atoms with Crippen molar-refractivity contribution in [2.75, 3.05) is 6.54 Å². The van der Waals surface area contributed by atoms with Crippen LogP contribution in [0.1, 0.15) is 24.8 Å². The molecule has 94 valence electrons. The van der Waals surface area contributed by atoms with Crippen molar-refractivity contribution in [3.8, 4) is 0 Å². The molecule has 1 aromatic carbocycles. The summed E-state index contributed by atoms with van der Waals surface area (Å²) in [6, 6.07) is 7.97. The van der Waals surface area contributed by atoms with Crippen LogP contribution in [0.15, 0.2) is 30.3 Å². The fourth-order valence-corrected chi connectivity index (χ4v) is 2.43. The van der Waals surface area contributed by atoms with E-state index in [2.05, 4.69) is 17.2 Å². The first-order valence-corrected chi connectivity index (χ1v) is 6.92. The zero-order valence-corrected chi connectivity index (χ0v) is 11.2. The predicted octanol–water partition coefficient (Wildman–Crippen LogP) is 3.23. The molecular weight excluding hydrogens is 244 g/mol. The van der Waals surface area contributed by atoms with Crippen LogP contribution >= 0.6 is 11.3 Å². The van der Waals surface area contributed by atoms with Crippen LogP contribution in [0.4, 0.5) is 0 Å². The third-order valence-corrected chi connectivity index (χ3v) is 3.52. The number of amides is 1. The summed E-state index contributed by atoms with van der Waals surface area (Å²) < 4.78 is 1.14. The standard InChI is InChI=1S/C14H16N2OS/c1-2-3-10-15-13(17)8-9-14-16-11-6-4-5-7-12(11)18-14/h4-9H,2-3,10H2,1H3,(H,15,17)/b9-8+. The highest BCUT2D eigenvalue weighted by atomic mass is 32.1. The molecule has 1 aromatic heterocycles. The van der Waals surface area contributed by atoms with Crippen molar-refractivity contribution in [1.29, 1.82) is 0 Å². The number of aromatic nitrogens is 1. The van der Waals surface area contributed by atoms with Crippen molar-refractivity contribution in [3.05, 3.63) is 35.3 Å². The number of carbonyl (C=O) groups excluding carboxylic acids is 1. The van der Waals surface area contributed by atoms with Gasteiger partial charge in [-0.1, -0.05) is 25.5 Å². The Labute approximate surface area is 111 Å². The average Bonchev–Trinajstić information content (AvgIpc) is 2.79. The number of carbonyl (C=O) groups is 1. The second kappa shape index (κ2) is 6.31. The van der Waals surface area contributed by atoms with Gasteiger partial charge >= 0.3 is 0 Å². The van der Waals surface area contributed by atoms with E-state index >= 15 is 0 Å². The Morgan fingerprint density at radius 2 is 2.28 bits per heavy atom. The van der Waals surface area contributed by atoms with Crippen molar-refractivity contribution in [3.63, 3.8) is 0 Å². The van der Waals surface area contributed by atoms with E-state index in [4.69, 9.17) is 0 Å². The van der Waals surface area contributed by atoms with Gasteiger partial charge in [0.2, 0.25) is 5.91 Å². The SMILES string of the molecule is CCCCNC(=O)/C=C/c1nc2ccccc2s1. The molecular formula is C14H16N2OS. The Morgan fingerprint density at radius 3 is 3.06 bits per heavy atom. The van der Waals surface area contributed by atoms with Crippen molar-refractivity contribution in [1.82, 2.24) is 10.3 Å². The van der Waals surface area contributed by atoms with Gasteiger partial charge in [0.1, 0.15) is 5.01 Å². The maximum Gasteiger partial charge on any atom is 0.244 e. The lowest BCUT2D eigenvalue weighted by molar-refractivity contribution is -0.116. The van der Waals surface area contributed by atoms with Crippen molar-refractivity contribution < 1.29 is 4.79 Å². The maximum atomic E-state index is 11.5. The Hall–Kier alpha value is -1.68. The number of rotatable bonds is 5. The van der Waals surface area contributed by atoms with Crippen LogP contribution in [-0.2, 0) is 4.79 Å². The molecule has 0 atom stereocenters. The van der Waals surface area contributed by atoms with E-state index in [0.29, 0.717) is 0 Å². The van der Waals surface area contributed by atoms with Gasteiger partial charge in [-0.2, -0.15) is 0 Å². The van der Waals surface area contributed by atoms with Gasteiger partial charge in [0.05, 0.1) is 10.2 Å². The molecule has 0 radical (unpaired) electrons. The minimum Gasteiger partial charge on any atom is -0.353 e. The highest BCUT2D eigenvalue weighted by molar-refractivity contribution is 7.19. The third kappa shape index (κ3) is 3.40. The fourth-order valence-electron chi connectivity index (χ4n) is 1.56. The van der Waals surface area contributed by atoms with Crippen LogP contribution < -0.4 is 5.32 Å². The molecule has 4 heteroatoms. The lowest BCUT2D eigenvalue weighted by atomic mass is 10.3.